The van der Waals surface area contributed by atoms with Gasteiger partial charge in [-0.3, -0.25) is 9.40 Å². The quantitative estimate of drug-likeness (QED) is 0.386. The largest absolute Gasteiger partial charge is 0.356 e. The minimum Gasteiger partial charge on any atom is -0.356 e. The van der Waals surface area contributed by atoms with Crippen molar-refractivity contribution in [3.05, 3.63) is 78.3 Å². The minimum atomic E-state index is -3.80. The molecule has 2 N–H and O–H groups in total. The van der Waals surface area contributed by atoms with Crippen molar-refractivity contribution in [1.82, 2.24) is 9.78 Å². The van der Waals surface area contributed by atoms with E-state index in [-0.39, 0.29) is 10.9 Å². The molecule has 6 nitrogen and oxygen atoms in total. The summed E-state index contributed by atoms with van der Waals surface area (Å²) in [5.74, 6) is 0. The van der Waals surface area contributed by atoms with Gasteiger partial charge in [0.25, 0.3) is 10.0 Å². The van der Waals surface area contributed by atoms with Gasteiger partial charge in [0.2, 0.25) is 0 Å². The lowest BCUT2D eigenvalue weighted by Crippen LogP contribution is -2.13. The number of hydrogen-bond donors (Lipinski definition) is 2. The Morgan fingerprint density at radius 2 is 1.57 bits per heavy atom. The molecular formula is C22H22N4O2S2. The van der Waals surface area contributed by atoms with E-state index >= 15 is 0 Å². The number of benzene rings is 2. The highest BCUT2D eigenvalue weighted by Gasteiger charge is 2.25. The molecule has 0 aliphatic heterocycles. The number of anilines is 3. The van der Waals surface area contributed by atoms with Gasteiger partial charge in [-0.1, -0.05) is 24.3 Å². The van der Waals surface area contributed by atoms with Gasteiger partial charge >= 0.3 is 0 Å². The first-order valence-corrected chi connectivity index (χ1v) is 11.9. The number of nitrogens with zero attached hydrogens (tertiary/aromatic N) is 2. The first-order chi connectivity index (χ1) is 14.4. The fraction of sp³-hybridized carbons (Fsp3) is 0.136. The number of para-hydroxylation sites is 1. The van der Waals surface area contributed by atoms with Gasteiger partial charge in [-0.05, 0) is 61.7 Å². The standard InChI is InChI=1S/C22H22N4O2S2/c1-16(2)26-15-21(22(24-26)20-9-6-14-29-20)30(27,28)25-19-12-10-18(11-13-19)23-17-7-4-3-5-8-17/h3-16,23,25H,1-2H3. The van der Waals surface area contributed by atoms with Crippen molar-refractivity contribution in [3.8, 4) is 10.6 Å². The lowest BCUT2D eigenvalue weighted by Gasteiger charge is -2.10. The number of thiophene rings is 1. The van der Waals surface area contributed by atoms with Crippen LogP contribution in [0.1, 0.15) is 19.9 Å². The SMILES string of the molecule is CC(C)n1cc(S(=O)(=O)Nc2ccc(Nc3ccccc3)cc2)c(-c2cccs2)n1. The van der Waals surface area contributed by atoms with Gasteiger partial charge in [-0.15, -0.1) is 11.3 Å². The highest BCUT2D eigenvalue weighted by atomic mass is 32.2. The van der Waals surface area contributed by atoms with Gasteiger partial charge < -0.3 is 5.32 Å². The number of nitrogens with one attached hydrogen (secondary N) is 2. The van der Waals surface area contributed by atoms with E-state index < -0.39 is 10.0 Å². The maximum atomic E-state index is 13.2. The third-order valence-corrected chi connectivity index (χ3v) is 6.73. The monoisotopic (exact) mass is 438 g/mol. The highest BCUT2D eigenvalue weighted by Crippen LogP contribution is 2.32. The molecule has 0 bridgehead atoms. The summed E-state index contributed by atoms with van der Waals surface area (Å²) in [4.78, 5) is 0.988. The van der Waals surface area contributed by atoms with Crippen molar-refractivity contribution in [2.75, 3.05) is 10.0 Å². The van der Waals surface area contributed by atoms with Crippen LogP contribution < -0.4 is 10.0 Å². The molecule has 0 amide bonds. The normalized spacial score (nSPS) is 11.6. The average molecular weight is 439 g/mol. The zero-order valence-electron chi connectivity index (χ0n) is 16.6. The van der Waals surface area contributed by atoms with Gasteiger partial charge in [0.05, 0.1) is 4.88 Å². The summed E-state index contributed by atoms with van der Waals surface area (Å²) in [5, 5.41) is 9.71. The Morgan fingerprint density at radius 1 is 0.900 bits per heavy atom. The van der Waals surface area contributed by atoms with Crippen LogP contribution in [0.3, 0.4) is 0 Å². The molecule has 4 aromatic rings. The van der Waals surface area contributed by atoms with E-state index in [1.807, 2.05) is 73.8 Å². The summed E-state index contributed by atoms with van der Waals surface area (Å²) in [6.07, 6.45) is 1.59. The van der Waals surface area contributed by atoms with Crippen LogP contribution in [0.15, 0.2) is 83.2 Å². The fourth-order valence-electron chi connectivity index (χ4n) is 2.94. The van der Waals surface area contributed by atoms with Crippen LogP contribution in [0.5, 0.6) is 0 Å². The molecule has 0 saturated carbocycles. The first kappa shape index (κ1) is 20.2. The summed E-state index contributed by atoms with van der Waals surface area (Å²) >= 11 is 1.46. The minimum absolute atomic E-state index is 0.0519. The van der Waals surface area contributed by atoms with Gasteiger partial charge in [0.15, 0.2) is 0 Å². The van der Waals surface area contributed by atoms with E-state index in [2.05, 4.69) is 15.1 Å². The number of sulfonamides is 1. The fourth-order valence-corrected chi connectivity index (χ4v) is 4.94. The van der Waals surface area contributed by atoms with Gasteiger partial charge in [0.1, 0.15) is 10.6 Å². The Morgan fingerprint density at radius 3 is 2.20 bits per heavy atom. The number of hydrogen-bond acceptors (Lipinski definition) is 5. The molecule has 2 heterocycles. The Hall–Kier alpha value is -3.10. The van der Waals surface area contributed by atoms with Crippen molar-refractivity contribution in [3.63, 3.8) is 0 Å². The lowest BCUT2D eigenvalue weighted by atomic mass is 10.2. The highest BCUT2D eigenvalue weighted by molar-refractivity contribution is 7.92. The van der Waals surface area contributed by atoms with Crippen molar-refractivity contribution < 1.29 is 8.42 Å². The zero-order valence-corrected chi connectivity index (χ0v) is 18.2. The summed E-state index contributed by atoms with van der Waals surface area (Å²) in [6, 6.07) is 20.7. The van der Waals surface area contributed by atoms with Crippen molar-refractivity contribution >= 4 is 38.4 Å². The lowest BCUT2D eigenvalue weighted by molar-refractivity contribution is 0.532. The Kier molecular flexibility index (Phi) is 5.61. The molecule has 2 aromatic carbocycles. The maximum Gasteiger partial charge on any atom is 0.265 e. The van der Waals surface area contributed by atoms with E-state index in [1.54, 1.807) is 23.0 Å². The molecule has 154 valence electrons. The predicted molar refractivity (Wildman–Crippen MR) is 123 cm³/mol. The molecule has 0 unspecified atom stereocenters. The van der Waals surface area contributed by atoms with Gasteiger partial charge in [0, 0.05) is 29.3 Å². The van der Waals surface area contributed by atoms with Crippen LogP contribution in [0.25, 0.3) is 10.6 Å². The second kappa shape index (κ2) is 8.33. The Labute approximate surface area is 180 Å². The topological polar surface area (TPSA) is 76.0 Å². The molecule has 0 spiro atoms. The van der Waals surface area contributed by atoms with Crippen molar-refractivity contribution in [2.45, 2.75) is 24.8 Å². The first-order valence-electron chi connectivity index (χ1n) is 9.50. The van der Waals surface area contributed by atoms with E-state index in [4.69, 9.17) is 0 Å². The molecule has 0 saturated heterocycles. The molecule has 0 radical (unpaired) electrons. The second-order valence-electron chi connectivity index (χ2n) is 7.07. The van der Waals surface area contributed by atoms with Gasteiger partial charge in [-0.25, -0.2) is 8.42 Å². The summed E-state index contributed by atoms with van der Waals surface area (Å²) in [5.41, 5.74) is 2.79. The average Bonchev–Trinajstić information content (AvgIpc) is 3.40. The van der Waals surface area contributed by atoms with E-state index in [0.717, 1.165) is 16.3 Å². The third-order valence-electron chi connectivity index (χ3n) is 4.47. The van der Waals surface area contributed by atoms with Crippen LogP contribution in [0, 0.1) is 0 Å². The molecule has 0 atom stereocenters. The molecule has 0 aliphatic rings. The van der Waals surface area contributed by atoms with E-state index in [0.29, 0.717) is 11.4 Å². The number of rotatable bonds is 7. The van der Waals surface area contributed by atoms with E-state index in [9.17, 15) is 8.42 Å². The van der Waals surface area contributed by atoms with Crippen LogP contribution in [-0.2, 0) is 10.0 Å². The molecule has 8 heteroatoms. The van der Waals surface area contributed by atoms with Gasteiger partial charge in [-0.2, -0.15) is 5.10 Å². The van der Waals surface area contributed by atoms with Crippen molar-refractivity contribution in [1.29, 1.82) is 0 Å². The van der Waals surface area contributed by atoms with Crippen molar-refractivity contribution in [2.24, 2.45) is 0 Å². The van der Waals surface area contributed by atoms with Crippen LogP contribution in [0.2, 0.25) is 0 Å². The molecule has 4 rings (SSSR count). The smallest absolute Gasteiger partial charge is 0.265 e. The maximum absolute atomic E-state index is 13.2. The second-order valence-corrected chi connectivity index (χ2v) is 9.67. The van der Waals surface area contributed by atoms with Crippen LogP contribution >= 0.6 is 11.3 Å². The molecular weight excluding hydrogens is 416 g/mol. The molecule has 0 aliphatic carbocycles. The summed E-state index contributed by atoms with van der Waals surface area (Å²) < 4.78 is 30.7. The number of aromatic nitrogens is 2. The molecule has 30 heavy (non-hydrogen) atoms. The van der Waals surface area contributed by atoms with Crippen LogP contribution in [-0.4, -0.2) is 18.2 Å². The third kappa shape index (κ3) is 4.39. The molecule has 2 aromatic heterocycles. The summed E-state index contributed by atoms with van der Waals surface area (Å²) in [7, 11) is -3.80. The Balaban J connectivity index is 1.59. The Bertz CT molecular complexity index is 1210. The summed E-state index contributed by atoms with van der Waals surface area (Å²) in [6.45, 7) is 3.93. The molecule has 0 fully saturated rings. The van der Waals surface area contributed by atoms with Crippen LogP contribution in [0.4, 0.5) is 17.1 Å². The zero-order chi connectivity index (χ0) is 21.1. The van der Waals surface area contributed by atoms with E-state index in [1.165, 1.54) is 11.3 Å². The predicted octanol–water partition coefficient (Wildman–Crippen LogP) is 5.74.